The van der Waals surface area contributed by atoms with Crippen molar-refractivity contribution in [1.82, 2.24) is 4.90 Å². The molecule has 4 N–H and O–H groups in total. The van der Waals surface area contributed by atoms with E-state index in [1.807, 2.05) is 13.8 Å². The van der Waals surface area contributed by atoms with Gasteiger partial charge in [-0.3, -0.25) is 5.41 Å². The Morgan fingerprint density at radius 2 is 2.16 bits per heavy atom. The van der Waals surface area contributed by atoms with Gasteiger partial charge in [-0.2, -0.15) is 0 Å². The van der Waals surface area contributed by atoms with Crippen molar-refractivity contribution in [2.75, 3.05) is 19.6 Å². The van der Waals surface area contributed by atoms with Crippen LogP contribution in [-0.2, 0) is 0 Å². The van der Waals surface area contributed by atoms with Crippen LogP contribution in [0.5, 0.6) is 0 Å². The molecule has 0 amide bonds. The normalized spacial score (nSPS) is 32.9. The van der Waals surface area contributed by atoms with Gasteiger partial charge in [0.2, 0.25) is 0 Å². The van der Waals surface area contributed by atoms with Gasteiger partial charge in [0.25, 0.3) is 0 Å². The van der Waals surface area contributed by atoms with Crippen LogP contribution >= 0.6 is 0 Å². The van der Waals surface area contributed by atoms with E-state index in [0.717, 1.165) is 38.9 Å². The molecule has 4 heteroatoms. The summed E-state index contributed by atoms with van der Waals surface area (Å²) in [5.41, 5.74) is 5.05. The van der Waals surface area contributed by atoms with Gasteiger partial charge in [-0.1, -0.05) is 26.7 Å². The minimum atomic E-state index is -0.384. The number of hydrogen-bond donors (Lipinski definition) is 3. The lowest BCUT2D eigenvalue weighted by Gasteiger charge is -2.47. The van der Waals surface area contributed by atoms with Gasteiger partial charge in [0.15, 0.2) is 0 Å². The molecule has 2 aliphatic rings. The van der Waals surface area contributed by atoms with Crippen molar-refractivity contribution in [3.8, 4) is 0 Å². The standard InChI is InChI=1S/C15H29N3O/c1-14(2,13(16)17)7-9-18-10-8-15(19)6-4-3-5-12(15)11-18/h12,19H,3-11H2,1-2H3,(H3,16,17). The quantitative estimate of drug-likeness (QED) is 0.538. The van der Waals surface area contributed by atoms with Crippen molar-refractivity contribution in [3.63, 3.8) is 0 Å². The highest BCUT2D eigenvalue weighted by molar-refractivity contribution is 5.82. The fraction of sp³-hybridized carbons (Fsp3) is 0.933. The lowest BCUT2D eigenvalue weighted by atomic mass is 9.71. The third-order valence-electron chi connectivity index (χ3n) is 5.29. The summed E-state index contributed by atoms with van der Waals surface area (Å²) in [6.45, 7) is 7.07. The van der Waals surface area contributed by atoms with Crippen LogP contribution < -0.4 is 5.73 Å². The van der Waals surface area contributed by atoms with Gasteiger partial charge >= 0.3 is 0 Å². The van der Waals surface area contributed by atoms with Crippen LogP contribution in [0.15, 0.2) is 0 Å². The van der Waals surface area contributed by atoms with E-state index in [0.29, 0.717) is 5.92 Å². The van der Waals surface area contributed by atoms with Gasteiger partial charge in [-0.25, -0.2) is 0 Å². The van der Waals surface area contributed by atoms with Crippen molar-refractivity contribution in [2.24, 2.45) is 17.1 Å². The van der Waals surface area contributed by atoms with Crippen molar-refractivity contribution in [3.05, 3.63) is 0 Å². The third-order valence-corrected chi connectivity index (χ3v) is 5.29. The first-order valence-electron chi connectivity index (χ1n) is 7.63. The maximum Gasteiger partial charge on any atom is 0.0963 e. The molecule has 1 saturated heterocycles. The molecule has 1 saturated carbocycles. The van der Waals surface area contributed by atoms with Gasteiger partial charge in [0.1, 0.15) is 0 Å². The van der Waals surface area contributed by atoms with Gasteiger partial charge in [-0.05, 0) is 32.2 Å². The number of piperidine rings is 1. The Bertz CT molecular complexity index is 342. The number of amidine groups is 1. The Balaban J connectivity index is 1.86. The monoisotopic (exact) mass is 267 g/mol. The van der Waals surface area contributed by atoms with E-state index in [4.69, 9.17) is 11.1 Å². The smallest absolute Gasteiger partial charge is 0.0963 e. The van der Waals surface area contributed by atoms with Gasteiger partial charge in [0, 0.05) is 24.4 Å². The average Bonchev–Trinajstić information content (AvgIpc) is 2.36. The Kier molecular flexibility index (Phi) is 4.21. The second kappa shape index (κ2) is 5.41. The number of fused-ring (bicyclic) bond motifs is 1. The summed E-state index contributed by atoms with van der Waals surface area (Å²) in [5, 5.41) is 18.3. The van der Waals surface area contributed by atoms with Gasteiger partial charge < -0.3 is 15.7 Å². The molecular formula is C15H29N3O. The highest BCUT2D eigenvalue weighted by atomic mass is 16.3. The number of rotatable bonds is 4. The van der Waals surface area contributed by atoms with Crippen molar-refractivity contribution < 1.29 is 5.11 Å². The highest BCUT2D eigenvalue weighted by Gasteiger charge is 2.42. The summed E-state index contributed by atoms with van der Waals surface area (Å²) in [7, 11) is 0. The second-order valence-corrected chi connectivity index (χ2v) is 7.14. The largest absolute Gasteiger partial charge is 0.390 e. The SMILES string of the molecule is CC(C)(CCN1CCC2(O)CCCCC2C1)C(=N)N. The summed E-state index contributed by atoms with van der Waals surface area (Å²) in [4.78, 5) is 2.45. The lowest BCUT2D eigenvalue weighted by molar-refractivity contribution is -0.0958. The summed E-state index contributed by atoms with van der Waals surface area (Å²) >= 11 is 0. The topological polar surface area (TPSA) is 73.3 Å². The van der Waals surface area contributed by atoms with Crippen LogP contribution in [0, 0.1) is 16.7 Å². The molecule has 1 aliphatic heterocycles. The number of nitrogens with one attached hydrogen (secondary N) is 1. The molecule has 0 aromatic heterocycles. The summed E-state index contributed by atoms with van der Waals surface area (Å²) < 4.78 is 0. The summed E-state index contributed by atoms with van der Waals surface area (Å²) in [6, 6.07) is 0. The zero-order valence-electron chi connectivity index (χ0n) is 12.4. The summed E-state index contributed by atoms with van der Waals surface area (Å²) in [6.07, 6.45) is 6.45. The van der Waals surface area contributed by atoms with Gasteiger partial charge in [-0.15, -0.1) is 0 Å². The van der Waals surface area contributed by atoms with Gasteiger partial charge in [0.05, 0.1) is 11.4 Å². The van der Waals surface area contributed by atoms with E-state index in [2.05, 4.69) is 4.90 Å². The zero-order valence-corrected chi connectivity index (χ0v) is 12.4. The van der Waals surface area contributed by atoms with E-state index in [9.17, 15) is 5.11 Å². The molecule has 110 valence electrons. The molecule has 1 aliphatic carbocycles. The fourth-order valence-corrected chi connectivity index (χ4v) is 3.42. The molecule has 0 aromatic rings. The minimum absolute atomic E-state index is 0.208. The Hall–Kier alpha value is -0.610. The maximum atomic E-state index is 10.6. The van der Waals surface area contributed by atoms with Crippen molar-refractivity contribution >= 4 is 5.84 Å². The van der Waals surface area contributed by atoms with E-state index in [-0.39, 0.29) is 16.9 Å². The molecule has 0 radical (unpaired) electrons. The molecule has 1 heterocycles. The maximum absolute atomic E-state index is 10.6. The third kappa shape index (κ3) is 3.29. The average molecular weight is 267 g/mol. The van der Waals surface area contributed by atoms with E-state index in [1.54, 1.807) is 0 Å². The molecule has 2 rings (SSSR count). The first kappa shape index (κ1) is 14.8. The molecule has 0 spiro atoms. The van der Waals surface area contributed by atoms with E-state index < -0.39 is 0 Å². The molecule has 2 atom stereocenters. The molecule has 19 heavy (non-hydrogen) atoms. The number of nitrogens with two attached hydrogens (primary N) is 1. The van der Waals surface area contributed by atoms with Crippen LogP contribution in [0.3, 0.4) is 0 Å². The van der Waals surface area contributed by atoms with E-state index >= 15 is 0 Å². The zero-order chi connectivity index (χ0) is 14.1. The number of likely N-dealkylation sites (tertiary alicyclic amines) is 1. The lowest BCUT2D eigenvalue weighted by Crippen LogP contribution is -2.53. The second-order valence-electron chi connectivity index (χ2n) is 7.14. The van der Waals surface area contributed by atoms with Crippen molar-refractivity contribution in [2.45, 2.75) is 58.0 Å². The number of aliphatic hydroxyl groups is 1. The van der Waals surface area contributed by atoms with Crippen LogP contribution in [0.2, 0.25) is 0 Å². The predicted molar refractivity (Wildman–Crippen MR) is 78.3 cm³/mol. The van der Waals surface area contributed by atoms with Crippen LogP contribution in [-0.4, -0.2) is 41.1 Å². The molecule has 0 aromatic carbocycles. The van der Waals surface area contributed by atoms with Crippen molar-refractivity contribution in [1.29, 1.82) is 5.41 Å². The first-order valence-corrected chi connectivity index (χ1v) is 7.63. The highest BCUT2D eigenvalue weighted by Crippen LogP contribution is 2.40. The van der Waals surface area contributed by atoms with E-state index in [1.165, 1.54) is 19.3 Å². The fourth-order valence-electron chi connectivity index (χ4n) is 3.42. The molecular weight excluding hydrogens is 238 g/mol. The molecule has 4 nitrogen and oxygen atoms in total. The first-order chi connectivity index (χ1) is 8.83. The Morgan fingerprint density at radius 3 is 2.84 bits per heavy atom. The van der Waals surface area contributed by atoms with Crippen LogP contribution in [0.4, 0.5) is 0 Å². The molecule has 0 bridgehead atoms. The number of hydrogen-bond acceptors (Lipinski definition) is 3. The minimum Gasteiger partial charge on any atom is -0.390 e. The Morgan fingerprint density at radius 1 is 1.42 bits per heavy atom. The van der Waals surface area contributed by atoms with Crippen LogP contribution in [0.1, 0.15) is 52.4 Å². The molecule has 2 fully saturated rings. The molecule has 2 unspecified atom stereocenters. The Labute approximate surface area is 116 Å². The predicted octanol–water partition coefficient (Wildman–Crippen LogP) is 1.97. The van der Waals surface area contributed by atoms with Crippen LogP contribution in [0.25, 0.3) is 0 Å². The summed E-state index contributed by atoms with van der Waals surface area (Å²) in [5.74, 6) is 0.731. The number of nitrogens with zero attached hydrogens (tertiary/aromatic N) is 1.